The Balaban J connectivity index is 1.59. The minimum atomic E-state index is -0.966. The molecule has 0 aliphatic carbocycles. The lowest BCUT2D eigenvalue weighted by Crippen LogP contribution is -2.52. The van der Waals surface area contributed by atoms with Crippen LogP contribution in [0.1, 0.15) is 17.2 Å². The van der Waals surface area contributed by atoms with E-state index in [-0.39, 0.29) is 30.6 Å². The minimum absolute atomic E-state index is 0.0921. The quantitative estimate of drug-likeness (QED) is 0.911. The van der Waals surface area contributed by atoms with Crippen molar-refractivity contribution in [2.75, 3.05) is 19.9 Å². The van der Waals surface area contributed by atoms with Gasteiger partial charge in [0.25, 0.3) is 0 Å². The van der Waals surface area contributed by atoms with Gasteiger partial charge in [0.05, 0.1) is 6.42 Å². The van der Waals surface area contributed by atoms with Gasteiger partial charge >= 0.3 is 0 Å². The van der Waals surface area contributed by atoms with E-state index in [1.165, 1.54) is 17.0 Å². The highest BCUT2D eigenvalue weighted by molar-refractivity contribution is 5.90. The number of benzene rings is 2. The molecule has 2 amide bonds. The molecule has 0 aromatic heterocycles. The number of fused-ring (bicyclic) bond motifs is 1. The van der Waals surface area contributed by atoms with Gasteiger partial charge in [-0.1, -0.05) is 24.3 Å². The predicted octanol–water partition coefficient (Wildman–Crippen LogP) is 1.80. The van der Waals surface area contributed by atoms with E-state index in [0.717, 1.165) is 5.56 Å². The lowest BCUT2D eigenvalue weighted by atomic mass is 10.0. The van der Waals surface area contributed by atoms with Crippen LogP contribution in [0.5, 0.6) is 11.5 Å². The van der Waals surface area contributed by atoms with Crippen LogP contribution in [0.3, 0.4) is 0 Å². The van der Waals surface area contributed by atoms with Crippen LogP contribution in [0.15, 0.2) is 42.5 Å². The van der Waals surface area contributed by atoms with Crippen LogP contribution in [0, 0.1) is 5.82 Å². The van der Waals surface area contributed by atoms with Crippen LogP contribution < -0.4 is 14.8 Å². The van der Waals surface area contributed by atoms with Crippen molar-refractivity contribution in [3.05, 3.63) is 59.4 Å². The molecule has 7 heteroatoms. The van der Waals surface area contributed by atoms with Crippen LogP contribution in [0.2, 0.25) is 0 Å². The Morgan fingerprint density at radius 2 is 2.00 bits per heavy atom. The van der Waals surface area contributed by atoms with E-state index < -0.39 is 11.9 Å². The Kier molecular flexibility index (Phi) is 4.20. The Labute approximate surface area is 149 Å². The summed E-state index contributed by atoms with van der Waals surface area (Å²) < 4.78 is 24.8. The first-order valence-electron chi connectivity index (χ1n) is 8.33. The van der Waals surface area contributed by atoms with Crippen molar-refractivity contribution in [3.63, 3.8) is 0 Å². The summed E-state index contributed by atoms with van der Waals surface area (Å²) in [5.41, 5.74) is 0.946. The smallest absolute Gasteiger partial charge is 0.247 e. The van der Waals surface area contributed by atoms with Gasteiger partial charge in [-0.25, -0.2) is 4.39 Å². The maximum Gasteiger partial charge on any atom is 0.247 e. The number of hydrogen-bond acceptors (Lipinski definition) is 4. The molecule has 1 N–H and O–H groups in total. The zero-order valence-corrected chi connectivity index (χ0v) is 13.9. The van der Waals surface area contributed by atoms with Crippen molar-refractivity contribution in [1.29, 1.82) is 0 Å². The highest BCUT2D eigenvalue weighted by atomic mass is 19.1. The molecule has 1 saturated heterocycles. The van der Waals surface area contributed by atoms with Crippen LogP contribution in [-0.2, 0) is 16.0 Å². The zero-order chi connectivity index (χ0) is 18.1. The van der Waals surface area contributed by atoms with E-state index in [2.05, 4.69) is 5.32 Å². The van der Waals surface area contributed by atoms with Gasteiger partial charge in [0.2, 0.25) is 18.6 Å². The van der Waals surface area contributed by atoms with Gasteiger partial charge in [0.1, 0.15) is 11.9 Å². The first kappa shape index (κ1) is 16.4. The van der Waals surface area contributed by atoms with Gasteiger partial charge < -0.3 is 19.7 Å². The van der Waals surface area contributed by atoms with Crippen molar-refractivity contribution in [2.24, 2.45) is 0 Å². The van der Waals surface area contributed by atoms with Crippen molar-refractivity contribution in [2.45, 2.75) is 12.5 Å². The van der Waals surface area contributed by atoms with Gasteiger partial charge in [0.15, 0.2) is 11.5 Å². The van der Waals surface area contributed by atoms with Gasteiger partial charge in [-0.05, 0) is 23.8 Å². The Hall–Kier alpha value is -3.09. The summed E-state index contributed by atoms with van der Waals surface area (Å²) in [6.45, 7) is 0.833. The third kappa shape index (κ3) is 2.96. The highest BCUT2D eigenvalue weighted by Crippen LogP contribution is 2.33. The summed E-state index contributed by atoms with van der Waals surface area (Å²) in [5, 5.41) is 2.70. The fourth-order valence-corrected chi connectivity index (χ4v) is 3.27. The molecule has 0 spiro atoms. The molecule has 0 saturated carbocycles. The molecule has 0 radical (unpaired) electrons. The van der Waals surface area contributed by atoms with Crippen LogP contribution in [-0.4, -0.2) is 36.6 Å². The molecule has 4 rings (SSSR count). The maximum atomic E-state index is 14.2. The molecular formula is C19H17FN2O4. The Bertz CT molecular complexity index is 870. The number of rotatable bonds is 3. The van der Waals surface area contributed by atoms with Crippen molar-refractivity contribution in [3.8, 4) is 11.5 Å². The number of nitrogens with zero attached hydrogens (tertiary/aromatic N) is 1. The number of carbonyl (C=O) groups excluding carboxylic acids is 2. The van der Waals surface area contributed by atoms with Gasteiger partial charge in [-0.3, -0.25) is 9.59 Å². The fourth-order valence-electron chi connectivity index (χ4n) is 3.27. The normalized spacial score (nSPS) is 18.6. The number of hydrogen-bond donors (Lipinski definition) is 1. The summed E-state index contributed by atoms with van der Waals surface area (Å²) in [6.07, 6.45) is 0.0921. The first-order valence-corrected chi connectivity index (χ1v) is 8.33. The third-order valence-electron chi connectivity index (χ3n) is 4.52. The zero-order valence-electron chi connectivity index (χ0n) is 13.9. The predicted molar refractivity (Wildman–Crippen MR) is 90.1 cm³/mol. The van der Waals surface area contributed by atoms with E-state index >= 15 is 0 Å². The summed E-state index contributed by atoms with van der Waals surface area (Å²) in [6, 6.07) is 10.4. The lowest BCUT2D eigenvalue weighted by molar-refractivity contribution is -0.143. The van der Waals surface area contributed by atoms with E-state index in [4.69, 9.17) is 9.47 Å². The summed E-state index contributed by atoms with van der Waals surface area (Å²) in [4.78, 5) is 26.7. The molecule has 26 heavy (non-hydrogen) atoms. The average Bonchev–Trinajstić information content (AvgIpc) is 3.10. The molecule has 1 fully saturated rings. The second-order valence-corrected chi connectivity index (χ2v) is 6.17. The molecular weight excluding hydrogens is 339 g/mol. The van der Waals surface area contributed by atoms with E-state index in [9.17, 15) is 14.0 Å². The number of piperazine rings is 1. The Morgan fingerprint density at radius 3 is 2.85 bits per heavy atom. The molecule has 1 atom stereocenters. The molecule has 6 nitrogen and oxygen atoms in total. The van der Waals surface area contributed by atoms with E-state index in [0.29, 0.717) is 24.6 Å². The standard InChI is InChI=1S/C19H17FN2O4/c20-14-4-2-1-3-13(14)18-19(24)21-7-8-22(18)17(23)10-12-5-6-15-16(9-12)26-11-25-15/h1-6,9,18H,7-8,10-11H2,(H,21,24). The second-order valence-electron chi connectivity index (χ2n) is 6.17. The molecule has 0 bridgehead atoms. The van der Waals surface area contributed by atoms with E-state index in [1.54, 1.807) is 30.3 Å². The monoisotopic (exact) mass is 356 g/mol. The largest absolute Gasteiger partial charge is 0.454 e. The maximum absolute atomic E-state index is 14.2. The van der Waals surface area contributed by atoms with Crippen LogP contribution in [0.4, 0.5) is 4.39 Å². The average molecular weight is 356 g/mol. The number of carbonyl (C=O) groups is 2. The van der Waals surface area contributed by atoms with Crippen LogP contribution in [0.25, 0.3) is 0 Å². The summed E-state index contributed by atoms with van der Waals surface area (Å²) in [7, 11) is 0. The summed E-state index contributed by atoms with van der Waals surface area (Å²) in [5.74, 6) is 0.114. The van der Waals surface area contributed by atoms with Crippen molar-refractivity contribution < 1.29 is 23.5 Å². The number of nitrogens with one attached hydrogen (secondary N) is 1. The highest BCUT2D eigenvalue weighted by Gasteiger charge is 2.35. The van der Waals surface area contributed by atoms with Gasteiger partial charge in [0, 0.05) is 18.7 Å². The SMILES string of the molecule is O=C1NCCN(C(=O)Cc2ccc3c(c2)OCO3)C1c1ccccc1F. The molecule has 134 valence electrons. The van der Waals surface area contributed by atoms with Crippen molar-refractivity contribution in [1.82, 2.24) is 10.2 Å². The van der Waals surface area contributed by atoms with Crippen LogP contribution >= 0.6 is 0 Å². The molecule has 1 unspecified atom stereocenters. The Morgan fingerprint density at radius 1 is 1.19 bits per heavy atom. The van der Waals surface area contributed by atoms with E-state index in [1.807, 2.05) is 0 Å². The fraction of sp³-hybridized carbons (Fsp3) is 0.263. The molecule has 2 aliphatic rings. The molecule has 2 aliphatic heterocycles. The summed E-state index contributed by atoms with van der Waals surface area (Å²) >= 11 is 0. The number of amides is 2. The van der Waals surface area contributed by atoms with Gasteiger partial charge in [-0.2, -0.15) is 0 Å². The number of halogens is 1. The van der Waals surface area contributed by atoms with Gasteiger partial charge in [-0.15, -0.1) is 0 Å². The topological polar surface area (TPSA) is 67.9 Å². The molecule has 2 heterocycles. The number of ether oxygens (including phenoxy) is 2. The molecule has 2 aromatic carbocycles. The first-order chi connectivity index (χ1) is 12.6. The third-order valence-corrected chi connectivity index (χ3v) is 4.52. The lowest BCUT2D eigenvalue weighted by Gasteiger charge is -2.35. The second kappa shape index (κ2) is 6.67. The minimum Gasteiger partial charge on any atom is -0.454 e. The van der Waals surface area contributed by atoms with Crippen molar-refractivity contribution >= 4 is 11.8 Å². The molecule has 2 aromatic rings.